The van der Waals surface area contributed by atoms with Crippen LogP contribution in [0.2, 0.25) is 10.0 Å². The second-order valence-corrected chi connectivity index (χ2v) is 7.67. The van der Waals surface area contributed by atoms with Crippen LogP contribution >= 0.6 is 35.4 Å². The first-order valence-electron chi connectivity index (χ1n) is 8.81. The quantitative estimate of drug-likeness (QED) is 0.593. The molecule has 0 spiro atoms. The van der Waals surface area contributed by atoms with Gasteiger partial charge in [0.05, 0.1) is 35.1 Å². The van der Waals surface area contributed by atoms with Crippen LogP contribution in [0, 0.1) is 0 Å². The molecule has 8 heteroatoms. The van der Waals surface area contributed by atoms with E-state index in [1.165, 1.54) is 0 Å². The third-order valence-electron chi connectivity index (χ3n) is 4.79. The van der Waals surface area contributed by atoms with Crippen LogP contribution in [0.5, 0.6) is 0 Å². The summed E-state index contributed by atoms with van der Waals surface area (Å²) < 4.78 is 2.03. The molecule has 28 heavy (non-hydrogen) atoms. The van der Waals surface area contributed by atoms with Crippen LogP contribution in [0.15, 0.2) is 60.9 Å². The first-order valence-corrected chi connectivity index (χ1v) is 9.98. The Kier molecular flexibility index (Phi) is 5.55. The number of nitrogens with one attached hydrogen (secondary N) is 1. The fourth-order valence-corrected chi connectivity index (χ4v) is 4.44. The van der Waals surface area contributed by atoms with Crippen molar-refractivity contribution in [1.29, 1.82) is 0 Å². The largest absolute Gasteiger partial charge is 0.395 e. The number of hydrogen-bond acceptors (Lipinski definition) is 3. The van der Waals surface area contributed by atoms with Gasteiger partial charge in [-0.2, -0.15) is 0 Å². The van der Waals surface area contributed by atoms with Crippen molar-refractivity contribution >= 4 is 40.5 Å². The van der Waals surface area contributed by atoms with E-state index in [2.05, 4.69) is 10.3 Å². The van der Waals surface area contributed by atoms with Crippen LogP contribution in [0.3, 0.4) is 0 Å². The summed E-state index contributed by atoms with van der Waals surface area (Å²) in [7, 11) is 0. The second kappa shape index (κ2) is 8.09. The maximum absolute atomic E-state index is 9.59. The molecular weight excluding hydrogens is 415 g/mol. The molecule has 1 aliphatic heterocycles. The van der Waals surface area contributed by atoms with Gasteiger partial charge >= 0.3 is 0 Å². The lowest BCUT2D eigenvalue weighted by molar-refractivity contribution is 0.220. The fraction of sp³-hybridized carbons (Fsp3) is 0.200. The van der Waals surface area contributed by atoms with Crippen LogP contribution in [0.4, 0.5) is 0 Å². The van der Waals surface area contributed by atoms with E-state index in [0.717, 1.165) is 17.1 Å². The van der Waals surface area contributed by atoms with E-state index >= 15 is 0 Å². The molecule has 1 fully saturated rings. The van der Waals surface area contributed by atoms with Crippen LogP contribution < -0.4 is 5.32 Å². The number of β-amino-alcohol motifs (C(OH)–C–C–N with tert-alkyl or cyclic N) is 1. The van der Waals surface area contributed by atoms with Gasteiger partial charge in [-0.1, -0.05) is 29.3 Å². The number of rotatable bonds is 5. The fourth-order valence-electron chi connectivity index (χ4n) is 3.61. The predicted molar refractivity (Wildman–Crippen MR) is 115 cm³/mol. The molecule has 2 aromatic heterocycles. The SMILES string of the molecule is OCCN1C(=S)N[C@H](c2ccccn2)[C@@H]1c1cccn1-c1ccc(Cl)cc1Cl. The Bertz CT molecular complexity index is 995. The molecule has 4 rings (SSSR count). The molecule has 144 valence electrons. The van der Waals surface area contributed by atoms with Crippen LogP contribution in [-0.4, -0.2) is 37.8 Å². The van der Waals surface area contributed by atoms with Crippen LogP contribution in [-0.2, 0) is 0 Å². The Morgan fingerprint density at radius 3 is 2.71 bits per heavy atom. The topological polar surface area (TPSA) is 53.3 Å². The number of aliphatic hydroxyl groups excluding tert-OH is 1. The predicted octanol–water partition coefficient (Wildman–Crippen LogP) is 4.14. The lowest BCUT2D eigenvalue weighted by Gasteiger charge is -2.28. The maximum atomic E-state index is 9.59. The Morgan fingerprint density at radius 2 is 2.00 bits per heavy atom. The summed E-state index contributed by atoms with van der Waals surface area (Å²) in [5.41, 5.74) is 2.69. The van der Waals surface area contributed by atoms with Crippen molar-refractivity contribution in [3.63, 3.8) is 0 Å². The summed E-state index contributed by atoms with van der Waals surface area (Å²) in [6.07, 6.45) is 3.72. The van der Waals surface area contributed by atoms with Gasteiger partial charge in [-0.05, 0) is 54.7 Å². The van der Waals surface area contributed by atoms with Crippen molar-refractivity contribution < 1.29 is 5.11 Å². The minimum Gasteiger partial charge on any atom is -0.395 e. The number of hydrogen-bond donors (Lipinski definition) is 2. The van der Waals surface area contributed by atoms with E-state index in [-0.39, 0.29) is 18.7 Å². The molecule has 2 atom stereocenters. The van der Waals surface area contributed by atoms with E-state index in [9.17, 15) is 5.11 Å². The van der Waals surface area contributed by atoms with Crippen molar-refractivity contribution in [2.75, 3.05) is 13.2 Å². The van der Waals surface area contributed by atoms with Crippen LogP contribution in [0.25, 0.3) is 5.69 Å². The molecule has 1 saturated heterocycles. The standard InChI is InChI=1S/C20H18Cl2N4OS/c21-13-6-7-16(14(22)12-13)25-9-3-5-17(25)19-18(15-4-1-2-8-23-15)24-20(28)26(19)10-11-27/h1-9,12,18-19,27H,10-11H2,(H,24,28)/t18-,19+/m1/s1. The zero-order valence-electron chi connectivity index (χ0n) is 14.8. The number of benzene rings is 1. The van der Waals surface area contributed by atoms with Gasteiger partial charge < -0.3 is 19.9 Å². The van der Waals surface area contributed by atoms with Crippen molar-refractivity contribution in [3.8, 4) is 5.69 Å². The van der Waals surface area contributed by atoms with Crippen molar-refractivity contribution in [2.24, 2.45) is 0 Å². The van der Waals surface area contributed by atoms with Crippen LogP contribution in [0.1, 0.15) is 23.5 Å². The molecule has 0 radical (unpaired) electrons. The van der Waals surface area contributed by atoms with Gasteiger partial charge in [-0.15, -0.1) is 0 Å². The van der Waals surface area contributed by atoms with Gasteiger partial charge in [0.25, 0.3) is 0 Å². The Morgan fingerprint density at radius 1 is 1.14 bits per heavy atom. The number of pyridine rings is 1. The minimum absolute atomic E-state index is 0.00430. The number of aromatic nitrogens is 2. The van der Waals surface area contributed by atoms with E-state index in [1.54, 1.807) is 12.3 Å². The first-order chi connectivity index (χ1) is 13.6. The summed E-state index contributed by atoms with van der Waals surface area (Å²) in [4.78, 5) is 6.51. The molecule has 2 N–H and O–H groups in total. The highest BCUT2D eigenvalue weighted by atomic mass is 35.5. The second-order valence-electron chi connectivity index (χ2n) is 6.44. The Hall–Kier alpha value is -2.12. The average Bonchev–Trinajstić information content (AvgIpc) is 3.28. The van der Waals surface area contributed by atoms with Gasteiger partial charge in [0, 0.05) is 29.7 Å². The molecule has 1 aliphatic rings. The third kappa shape index (κ3) is 3.49. The highest BCUT2D eigenvalue weighted by Gasteiger charge is 2.41. The monoisotopic (exact) mass is 432 g/mol. The van der Waals surface area contributed by atoms with Crippen molar-refractivity contribution in [3.05, 3.63) is 82.4 Å². The lowest BCUT2D eigenvalue weighted by atomic mass is 10.0. The zero-order valence-corrected chi connectivity index (χ0v) is 17.1. The normalized spacial score (nSPS) is 19.1. The zero-order chi connectivity index (χ0) is 19.7. The van der Waals surface area contributed by atoms with E-state index < -0.39 is 0 Å². The molecular formula is C20H18Cl2N4OS. The molecule has 1 aromatic carbocycles. The molecule has 0 saturated carbocycles. The lowest BCUT2D eigenvalue weighted by Crippen LogP contribution is -2.32. The first kappa shape index (κ1) is 19.2. The molecule has 0 unspecified atom stereocenters. The van der Waals surface area contributed by atoms with Gasteiger partial charge in [0.15, 0.2) is 5.11 Å². The summed E-state index contributed by atoms with van der Waals surface area (Å²) in [5.74, 6) is 0. The molecule has 3 aromatic rings. The molecule has 3 heterocycles. The van der Waals surface area contributed by atoms with E-state index in [1.807, 2.05) is 58.1 Å². The minimum atomic E-state index is -0.156. The van der Waals surface area contributed by atoms with E-state index in [0.29, 0.717) is 21.7 Å². The maximum Gasteiger partial charge on any atom is 0.170 e. The van der Waals surface area contributed by atoms with Crippen molar-refractivity contribution in [1.82, 2.24) is 19.8 Å². The Labute approximate surface area is 178 Å². The highest BCUT2D eigenvalue weighted by molar-refractivity contribution is 7.80. The number of thiocarbonyl (C=S) groups is 1. The van der Waals surface area contributed by atoms with Gasteiger partial charge in [-0.3, -0.25) is 4.98 Å². The number of halogens is 2. The third-order valence-corrected chi connectivity index (χ3v) is 5.68. The summed E-state index contributed by atoms with van der Waals surface area (Å²) in [6, 6.07) is 14.9. The number of aliphatic hydroxyl groups is 1. The van der Waals surface area contributed by atoms with E-state index in [4.69, 9.17) is 35.4 Å². The number of nitrogens with zero attached hydrogens (tertiary/aromatic N) is 3. The molecule has 0 aliphatic carbocycles. The van der Waals surface area contributed by atoms with Gasteiger partial charge in [0.1, 0.15) is 0 Å². The molecule has 0 amide bonds. The summed E-state index contributed by atoms with van der Waals surface area (Å²) in [6.45, 7) is 0.412. The molecule has 5 nitrogen and oxygen atoms in total. The smallest absolute Gasteiger partial charge is 0.170 e. The Balaban J connectivity index is 1.83. The molecule has 0 bridgehead atoms. The van der Waals surface area contributed by atoms with Gasteiger partial charge in [0.2, 0.25) is 0 Å². The van der Waals surface area contributed by atoms with Gasteiger partial charge in [-0.25, -0.2) is 0 Å². The summed E-state index contributed by atoms with van der Waals surface area (Å²) >= 11 is 18.1. The summed E-state index contributed by atoms with van der Waals surface area (Å²) in [5, 5.41) is 14.7. The average molecular weight is 433 g/mol. The highest BCUT2D eigenvalue weighted by Crippen LogP contribution is 2.40. The van der Waals surface area contributed by atoms with Crippen molar-refractivity contribution in [2.45, 2.75) is 12.1 Å².